The Kier molecular flexibility index (Phi) is 4.96. The number of urea groups is 1. The Balaban J connectivity index is 1.80. The number of alkyl halides is 3. The first-order valence-electron chi connectivity index (χ1n) is 7.56. The number of nitrogens with two attached hydrogens (primary N) is 1. The lowest BCUT2D eigenvalue weighted by atomic mass is 10.1. The minimum Gasteiger partial charge on any atom is -0.468 e. The van der Waals surface area contributed by atoms with Gasteiger partial charge in [-0.05, 0) is 36.5 Å². The molecule has 0 aliphatic heterocycles. The molecule has 5 nitrogen and oxygen atoms in total. The Hall–Kier alpha value is -2.13. The molecule has 3 rings (SSSR count). The van der Waals surface area contributed by atoms with Gasteiger partial charge in [0.2, 0.25) is 0 Å². The number of hydrogen-bond acceptors (Lipinski definition) is 4. The summed E-state index contributed by atoms with van der Waals surface area (Å²) in [5, 5.41) is 2.64. The molecule has 25 heavy (non-hydrogen) atoms. The zero-order valence-corrected chi connectivity index (χ0v) is 13.8. The number of furan rings is 1. The molecule has 0 radical (unpaired) electrons. The molecule has 1 saturated carbocycles. The quantitative estimate of drug-likeness (QED) is 0.314. The molecule has 0 spiro atoms. The lowest BCUT2D eigenvalue weighted by Crippen LogP contribution is -2.34. The normalized spacial score (nSPS) is 14.4. The number of rotatable bonds is 5. The van der Waals surface area contributed by atoms with Crippen LogP contribution in [0, 0.1) is 0 Å². The number of carbonyl (C=O) groups is 1. The van der Waals surface area contributed by atoms with Crippen LogP contribution >= 0.6 is 11.8 Å². The highest BCUT2D eigenvalue weighted by Gasteiger charge is 2.33. The highest BCUT2D eigenvalue weighted by Crippen LogP contribution is 2.47. The number of thioether (sulfide) groups is 1. The molecule has 1 aromatic carbocycles. The van der Waals surface area contributed by atoms with Crippen molar-refractivity contribution in [2.45, 2.75) is 35.6 Å². The summed E-state index contributed by atoms with van der Waals surface area (Å²) in [6.07, 6.45) is -1.61. The zero-order chi connectivity index (χ0) is 18.0. The van der Waals surface area contributed by atoms with E-state index in [0.29, 0.717) is 17.9 Å². The number of benzene rings is 1. The predicted octanol–water partition coefficient (Wildman–Crippen LogP) is 4.46. The van der Waals surface area contributed by atoms with Gasteiger partial charge >= 0.3 is 12.2 Å². The molecule has 1 heterocycles. The summed E-state index contributed by atoms with van der Waals surface area (Å²) < 4.78 is 43.0. The molecular formula is C16H16F3N3O2S. The maximum atomic E-state index is 12.7. The molecule has 1 fully saturated rings. The van der Waals surface area contributed by atoms with E-state index >= 15 is 0 Å². The summed E-state index contributed by atoms with van der Waals surface area (Å²) in [5.41, 5.74) is 2.83. The van der Waals surface area contributed by atoms with Gasteiger partial charge in [0, 0.05) is 4.90 Å². The van der Waals surface area contributed by atoms with Crippen molar-refractivity contribution in [3.8, 4) is 0 Å². The van der Waals surface area contributed by atoms with E-state index in [1.165, 1.54) is 11.8 Å². The largest absolute Gasteiger partial charge is 0.468 e. The molecule has 4 N–H and O–H groups in total. The number of anilines is 1. The Bertz CT molecular complexity index is 772. The smallest absolute Gasteiger partial charge is 0.419 e. The lowest BCUT2D eigenvalue weighted by Gasteiger charge is -2.14. The Morgan fingerprint density at radius 2 is 2.12 bits per heavy atom. The van der Waals surface area contributed by atoms with Gasteiger partial charge in [-0.15, -0.1) is 11.8 Å². The topological polar surface area (TPSA) is 80.3 Å². The number of amides is 2. The van der Waals surface area contributed by atoms with Gasteiger partial charge in [0.1, 0.15) is 12.0 Å². The fraction of sp³-hybridized carbons (Fsp3) is 0.312. The Morgan fingerprint density at radius 3 is 2.72 bits per heavy atom. The van der Waals surface area contributed by atoms with Crippen molar-refractivity contribution in [2.24, 2.45) is 5.84 Å². The van der Waals surface area contributed by atoms with Gasteiger partial charge in [0.25, 0.3) is 0 Å². The SMILES string of the molecule is NNC(=O)Nc1cccc(C2CC2)c1SCc1cc(C(F)(F)F)co1. The number of nitrogens with one attached hydrogen (secondary N) is 2. The van der Waals surface area contributed by atoms with E-state index in [9.17, 15) is 18.0 Å². The van der Waals surface area contributed by atoms with Crippen LogP contribution in [0.1, 0.15) is 35.6 Å². The highest BCUT2D eigenvalue weighted by atomic mass is 32.2. The fourth-order valence-electron chi connectivity index (χ4n) is 2.44. The first-order valence-corrected chi connectivity index (χ1v) is 8.55. The average Bonchev–Trinajstić information content (AvgIpc) is 3.29. The van der Waals surface area contributed by atoms with E-state index in [0.717, 1.165) is 29.4 Å². The summed E-state index contributed by atoms with van der Waals surface area (Å²) >= 11 is 1.33. The van der Waals surface area contributed by atoms with Gasteiger partial charge < -0.3 is 9.73 Å². The molecule has 0 atom stereocenters. The standard InChI is InChI=1S/C16H16F3N3O2S/c17-16(18,19)10-6-11(24-7-10)8-25-14-12(9-4-5-9)2-1-3-13(14)21-15(23)22-20/h1-3,6-7,9H,4-5,8,20H2,(H2,21,22,23). The van der Waals surface area contributed by atoms with E-state index in [1.54, 1.807) is 6.07 Å². The monoisotopic (exact) mass is 371 g/mol. The summed E-state index contributed by atoms with van der Waals surface area (Å²) in [5.74, 6) is 5.95. The van der Waals surface area contributed by atoms with Crippen molar-refractivity contribution < 1.29 is 22.4 Å². The van der Waals surface area contributed by atoms with Crippen molar-refractivity contribution in [3.63, 3.8) is 0 Å². The second kappa shape index (κ2) is 7.01. The maximum Gasteiger partial charge on any atom is 0.419 e. The van der Waals surface area contributed by atoms with Crippen LogP contribution in [0.25, 0.3) is 0 Å². The van der Waals surface area contributed by atoms with Gasteiger partial charge in [-0.3, -0.25) is 5.43 Å². The molecule has 0 unspecified atom stereocenters. The molecule has 1 aromatic heterocycles. The number of halogens is 3. The van der Waals surface area contributed by atoms with E-state index in [-0.39, 0.29) is 11.5 Å². The van der Waals surface area contributed by atoms with E-state index in [4.69, 9.17) is 10.3 Å². The van der Waals surface area contributed by atoms with Gasteiger partial charge in [-0.1, -0.05) is 12.1 Å². The van der Waals surface area contributed by atoms with Gasteiger partial charge in [0.15, 0.2) is 0 Å². The second-order valence-electron chi connectivity index (χ2n) is 5.68. The second-order valence-corrected chi connectivity index (χ2v) is 6.67. The maximum absolute atomic E-state index is 12.7. The third-order valence-electron chi connectivity index (χ3n) is 3.78. The third-order valence-corrected chi connectivity index (χ3v) is 4.95. The molecule has 9 heteroatoms. The van der Waals surface area contributed by atoms with Gasteiger partial charge in [-0.25, -0.2) is 10.6 Å². The minimum atomic E-state index is -4.43. The summed E-state index contributed by atoms with van der Waals surface area (Å²) in [6.45, 7) is 0. The minimum absolute atomic E-state index is 0.220. The first kappa shape index (κ1) is 17.7. The zero-order valence-electron chi connectivity index (χ0n) is 13.0. The predicted molar refractivity (Wildman–Crippen MR) is 88.0 cm³/mol. The van der Waals surface area contributed by atoms with Crippen LogP contribution in [0.4, 0.5) is 23.7 Å². The Morgan fingerprint density at radius 1 is 1.36 bits per heavy atom. The molecule has 2 aromatic rings. The highest BCUT2D eigenvalue weighted by molar-refractivity contribution is 7.98. The molecular weight excluding hydrogens is 355 g/mol. The van der Waals surface area contributed by atoms with E-state index in [2.05, 4.69) is 5.32 Å². The number of hydrogen-bond donors (Lipinski definition) is 3. The number of carbonyl (C=O) groups excluding carboxylic acids is 1. The van der Waals surface area contributed by atoms with Gasteiger partial charge in [0.05, 0.1) is 17.0 Å². The van der Waals surface area contributed by atoms with Crippen molar-refractivity contribution in [2.75, 3.05) is 5.32 Å². The molecule has 1 aliphatic rings. The van der Waals surface area contributed by atoms with Crippen LogP contribution in [0.15, 0.2) is 39.8 Å². The van der Waals surface area contributed by atoms with E-state index in [1.807, 2.05) is 17.6 Å². The van der Waals surface area contributed by atoms with Crippen molar-refractivity contribution >= 4 is 23.5 Å². The number of hydrazine groups is 1. The van der Waals surface area contributed by atoms with Crippen LogP contribution in [0.5, 0.6) is 0 Å². The Labute approximate surface area is 146 Å². The lowest BCUT2D eigenvalue weighted by molar-refractivity contribution is -0.137. The molecule has 0 bridgehead atoms. The molecule has 134 valence electrons. The van der Waals surface area contributed by atoms with Crippen LogP contribution < -0.4 is 16.6 Å². The molecule has 1 aliphatic carbocycles. The fourth-order valence-corrected chi connectivity index (χ4v) is 3.55. The molecule has 0 saturated heterocycles. The average molecular weight is 371 g/mol. The van der Waals surface area contributed by atoms with Crippen LogP contribution in [0.3, 0.4) is 0 Å². The van der Waals surface area contributed by atoms with Crippen molar-refractivity contribution in [3.05, 3.63) is 47.4 Å². The first-order chi connectivity index (χ1) is 11.9. The van der Waals surface area contributed by atoms with Crippen molar-refractivity contribution in [1.29, 1.82) is 0 Å². The van der Waals surface area contributed by atoms with Crippen LogP contribution in [-0.4, -0.2) is 6.03 Å². The van der Waals surface area contributed by atoms with Crippen molar-refractivity contribution in [1.82, 2.24) is 5.43 Å². The third kappa shape index (κ3) is 4.29. The van der Waals surface area contributed by atoms with Gasteiger partial charge in [-0.2, -0.15) is 13.2 Å². The summed E-state index contributed by atoms with van der Waals surface area (Å²) in [6, 6.07) is 5.96. The summed E-state index contributed by atoms with van der Waals surface area (Å²) in [4.78, 5) is 12.3. The van der Waals surface area contributed by atoms with E-state index < -0.39 is 17.8 Å². The molecule has 2 amide bonds. The van der Waals surface area contributed by atoms with Crippen LogP contribution in [0.2, 0.25) is 0 Å². The summed E-state index contributed by atoms with van der Waals surface area (Å²) in [7, 11) is 0. The van der Waals surface area contributed by atoms with Crippen LogP contribution in [-0.2, 0) is 11.9 Å².